The number of methoxy groups -OCH3 is 3. The molecule has 202 valence electrons. The Bertz CT molecular complexity index is 1600. The fourth-order valence-electron chi connectivity index (χ4n) is 6.21. The topological polar surface area (TPSA) is 102 Å². The highest BCUT2D eigenvalue weighted by atomic mass is 16.5. The van der Waals surface area contributed by atoms with Crippen LogP contribution in [0.15, 0.2) is 72.9 Å². The van der Waals surface area contributed by atoms with Gasteiger partial charge >= 0.3 is 5.97 Å². The molecular formula is C31H26N2O7. The standard InChI is InChI=1S/C31H26N2O7/c1-38-18-12-13-23(39-2)21(16-18)28(34)27-25-24(26-19-9-5-4-8-17(19)14-15-32(26)27)29(35)33(30(25)36)22-11-7-6-10-20(22)31(37)40-3/h4-16,24-27H,1-3H3/t24-,25+,26-,27-/m0/s1. The fourth-order valence-corrected chi connectivity index (χ4v) is 6.21. The monoisotopic (exact) mass is 538 g/mol. The molecule has 2 amide bonds. The lowest BCUT2D eigenvalue weighted by Crippen LogP contribution is -2.44. The number of benzene rings is 3. The first-order valence-electron chi connectivity index (χ1n) is 12.8. The van der Waals surface area contributed by atoms with E-state index in [1.165, 1.54) is 33.5 Å². The van der Waals surface area contributed by atoms with E-state index in [0.717, 1.165) is 16.0 Å². The first-order valence-corrected chi connectivity index (χ1v) is 12.8. The lowest BCUT2D eigenvalue weighted by atomic mass is 9.83. The summed E-state index contributed by atoms with van der Waals surface area (Å²) in [5.41, 5.74) is 2.22. The van der Waals surface area contributed by atoms with Gasteiger partial charge in [0.15, 0.2) is 5.78 Å². The maximum atomic E-state index is 14.4. The van der Waals surface area contributed by atoms with Crippen molar-refractivity contribution in [2.24, 2.45) is 11.8 Å². The van der Waals surface area contributed by atoms with Crippen molar-refractivity contribution in [1.82, 2.24) is 4.90 Å². The third-order valence-electron chi connectivity index (χ3n) is 7.95. The van der Waals surface area contributed by atoms with Gasteiger partial charge in [0.05, 0.1) is 56.0 Å². The second kappa shape index (κ2) is 9.68. The molecule has 0 bridgehead atoms. The van der Waals surface area contributed by atoms with Gasteiger partial charge in [-0.15, -0.1) is 0 Å². The highest BCUT2D eigenvalue weighted by Gasteiger charge is 2.65. The Labute approximate surface area is 230 Å². The molecule has 4 atom stereocenters. The van der Waals surface area contributed by atoms with E-state index in [-0.39, 0.29) is 22.6 Å². The molecule has 0 N–H and O–H groups in total. The van der Waals surface area contributed by atoms with Crippen LogP contribution in [0.25, 0.3) is 6.08 Å². The molecule has 6 rings (SSSR count). The number of Topliss-reactive ketones (excluding diaryl/α,β-unsaturated/α-hetero) is 1. The van der Waals surface area contributed by atoms with Crippen molar-refractivity contribution in [3.63, 3.8) is 0 Å². The van der Waals surface area contributed by atoms with E-state index in [0.29, 0.717) is 11.5 Å². The molecule has 0 saturated carbocycles. The molecule has 0 aromatic heterocycles. The summed E-state index contributed by atoms with van der Waals surface area (Å²) in [6, 6.07) is 17.3. The van der Waals surface area contributed by atoms with Crippen molar-refractivity contribution >= 4 is 35.3 Å². The summed E-state index contributed by atoms with van der Waals surface area (Å²) in [7, 11) is 4.20. The first-order chi connectivity index (χ1) is 19.4. The smallest absolute Gasteiger partial charge is 0.339 e. The van der Waals surface area contributed by atoms with E-state index >= 15 is 0 Å². The van der Waals surface area contributed by atoms with Gasteiger partial charge in [-0.3, -0.25) is 14.4 Å². The molecule has 3 aliphatic heterocycles. The highest BCUT2D eigenvalue weighted by molar-refractivity contribution is 6.26. The predicted octanol–water partition coefficient (Wildman–Crippen LogP) is 3.89. The first kappa shape index (κ1) is 25.4. The molecule has 0 radical (unpaired) electrons. The molecule has 3 aromatic carbocycles. The number of carbonyl (C=O) groups excluding carboxylic acids is 4. The van der Waals surface area contributed by atoms with Crippen LogP contribution in [0.2, 0.25) is 0 Å². The zero-order valence-corrected chi connectivity index (χ0v) is 22.1. The molecule has 3 aromatic rings. The summed E-state index contributed by atoms with van der Waals surface area (Å²) in [6.07, 6.45) is 3.67. The minimum Gasteiger partial charge on any atom is -0.497 e. The van der Waals surface area contributed by atoms with Crippen LogP contribution in [0.5, 0.6) is 11.5 Å². The number of fused-ring (bicyclic) bond motifs is 5. The van der Waals surface area contributed by atoms with Crippen LogP contribution in [-0.4, -0.2) is 55.8 Å². The van der Waals surface area contributed by atoms with Crippen LogP contribution in [0.4, 0.5) is 5.69 Å². The zero-order chi connectivity index (χ0) is 28.1. The number of ether oxygens (including phenoxy) is 3. The number of hydrogen-bond donors (Lipinski definition) is 0. The molecule has 40 heavy (non-hydrogen) atoms. The second-order valence-corrected chi connectivity index (χ2v) is 9.78. The van der Waals surface area contributed by atoms with Gasteiger partial charge < -0.3 is 19.1 Å². The Hall–Kier alpha value is -4.92. The van der Waals surface area contributed by atoms with Gasteiger partial charge in [-0.2, -0.15) is 0 Å². The SMILES string of the molecule is COC(=O)c1ccccc1N1C(=O)[C@@H]2[C@H](C1=O)[C@@H]1c3ccccc3C=CN1[C@@H]2C(=O)c1cc(OC)ccc1OC. The Morgan fingerprint density at radius 1 is 0.800 bits per heavy atom. The van der Waals surface area contributed by atoms with Gasteiger partial charge in [0.25, 0.3) is 0 Å². The maximum absolute atomic E-state index is 14.4. The van der Waals surface area contributed by atoms with Crippen molar-refractivity contribution in [2.75, 3.05) is 26.2 Å². The normalized spacial score (nSPS) is 22.5. The van der Waals surface area contributed by atoms with Crippen LogP contribution in [0, 0.1) is 11.8 Å². The number of amides is 2. The molecule has 9 heteroatoms. The number of carbonyl (C=O) groups is 4. The number of para-hydroxylation sites is 1. The number of ketones is 1. The molecule has 0 aliphatic carbocycles. The van der Waals surface area contributed by atoms with Gasteiger partial charge in [-0.05, 0) is 47.5 Å². The molecule has 9 nitrogen and oxygen atoms in total. The second-order valence-electron chi connectivity index (χ2n) is 9.78. The molecule has 3 heterocycles. The van der Waals surface area contributed by atoms with Crippen LogP contribution in [0.3, 0.4) is 0 Å². The van der Waals surface area contributed by atoms with Gasteiger partial charge in [-0.1, -0.05) is 36.4 Å². The molecule has 2 fully saturated rings. The fraction of sp³-hybridized carbons (Fsp3) is 0.226. The number of imide groups is 1. The molecule has 0 spiro atoms. The average molecular weight is 539 g/mol. The van der Waals surface area contributed by atoms with Crippen molar-refractivity contribution in [2.45, 2.75) is 12.1 Å². The van der Waals surface area contributed by atoms with Crippen molar-refractivity contribution in [3.8, 4) is 11.5 Å². The summed E-state index contributed by atoms with van der Waals surface area (Å²) >= 11 is 0. The van der Waals surface area contributed by atoms with Crippen molar-refractivity contribution in [3.05, 3.63) is 95.2 Å². The van der Waals surface area contributed by atoms with Gasteiger partial charge in [0.1, 0.15) is 17.5 Å². The Balaban J connectivity index is 1.52. The van der Waals surface area contributed by atoms with Crippen molar-refractivity contribution in [1.29, 1.82) is 0 Å². The maximum Gasteiger partial charge on any atom is 0.339 e. The minimum atomic E-state index is -1.01. The lowest BCUT2D eigenvalue weighted by molar-refractivity contribution is -0.123. The molecule has 0 unspecified atom stereocenters. The molecule has 2 saturated heterocycles. The Kier molecular flexibility index (Phi) is 6.14. The predicted molar refractivity (Wildman–Crippen MR) is 145 cm³/mol. The summed E-state index contributed by atoms with van der Waals surface area (Å²) in [5.74, 6) is -3.16. The minimum absolute atomic E-state index is 0.0878. The largest absolute Gasteiger partial charge is 0.497 e. The number of esters is 1. The highest BCUT2D eigenvalue weighted by Crippen LogP contribution is 2.54. The van der Waals surface area contributed by atoms with E-state index in [2.05, 4.69) is 0 Å². The summed E-state index contributed by atoms with van der Waals surface area (Å²) in [4.78, 5) is 58.2. The van der Waals surface area contributed by atoms with Gasteiger partial charge in [-0.25, -0.2) is 9.69 Å². The van der Waals surface area contributed by atoms with Crippen LogP contribution in [0.1, 0.15) is 37.9 Å². The van der Waals surface area contributed by atoms with Gasteiger partial charge in [0, 0.05) is 6.20 Å². The Morgan fingerprint density at radius 2 is 1.52 bits per heavy atom. The van der Waals surface area contributed by atoms with E-state index < -0.39 is 41.7 Å². The molecular weight excluding hydrogens is 512 g/mol. The number of nitrogens with zero attached hydrogens (tertiary/aromatic N) is 2. The Morgan fingerprint density at radius 3 is 2.27 bits per heavy atom. The number of hydrogen-bond acceptors (Lipinski definition) is 8. The quantitative estimate of drug-likeness (QED) is 0.265. The van der Waals surface area contributed by atoms with Crippen molar-refractivity contribution < 1.29 is 33.4 Å². The van der Waals surface area contributed by atoms with Gasteiger partial charge in [0.2, 0.25) is 11.8 Å². The number of rotatable bonds is 6. The summed E-state index contributed by atoms with van der Waals surface area (Å²) in [5, 5.41) is 0. The van der Waals surface area contributed by atoms with Crippen LogP contribution >= 0.6 is 0 Å². The van der Waals surface area contributed by atoms with E-state index in [4.69, 9.17) is 14.2 Å². The van der Waals surface area contributed by atoms with E-state index in [1.807, 2.05) is 35.2 Å². The third kappa shape index (κ3) is 3.61. The van der Waals surface area contributed by atoms with Crippen LogP contribution < -0.4 is 14.4 Å². The summed E-state index contributed by atoms with van der Waals surface area (Å²) < 4.78 is 15.8. The lowest BCUT2D eigenvalue weighted by Gasteiger charge is -2.35. The van der Waals surface area contributed by atoms with E-state index in [1.54, 1.807) is 36.5 Å². The number of anilines is 1. The third-order valence-corrected chi connectivity index (χ3v) is 7.95. The average Bonchev–Trinajstić information content (AvgIpc) is 3.47. The summed E-state index contributed by atoms with van der Waals surface area (Å²) in [6.45, 7) is 0. The zero-order valence-electron chi connectivity index (χ0n) is 22.1. The molecule has 3 aliphatic rings. The van der Waals surface area contributed by atoms with E-state index in [9.17, 15) is 19.2 Å². The van der Waals surface area contributed by atoms with Crippen LogP contribution in [-0.2, 0) is 14.3 Å².